The summed E-state index contributed by atoms with van der Waals surface area (Å²) >= 11 is 2.10. The second-order valence-corrected chi connectivity index (χ2v) is 6.10. The molecule has 0 amide bonds. The van der Waals surface area contributed by atoms with Gasteiger partial charge in [-0.2, -0.15) is 0 Å². The smallest absolute Gasteiger partial charge is 0.270 e. The van der Waals surface area contributed by atoms with Crippen molar-refractivity contribution in [2.45, 2.75) is 19.3 Å². The molecule has 104 valence electrons. The van der Waals surface area contributed by atoms with Crippen molar-refractivity contribution in [3.05, 3.63) is 31.9 Å². The minimum Gasteiger partial charge on any atom is -0.396 e. The molecule has 6 heteroatoms. The van der Waals surface area contributed by atoms with Crippen LogP contribution in [0.15, 0.2) is 18.2 Å². The zero-order valence-corrected chi connectivity index (χ0v) is 12.7. The molecule has 0 bridgehead atoms. The molecule has 1 aromatic rings. The molecular weight excluding hydrogens is 359 g/mol. The summed E-state index contributed by atoms with van der Waals surface area (Å²) in [6.45, 7) is 1.07. The Morgan fingerprint density at radius 2 is 2.16 bits per heavy atom. The first-order chi connectivity index (χ1) is 9.11. The third kappa shape index (κ3) is 3.56. The van der Waals surface area contributed by atoms with Gasteiger partial charge in [-0.05, 0) is 53.3 Å². The Kier molecular flexibility index (Phi) is 4.98. The number of anilines is 1. The summed E-state index contributed by atoms with van der Waals surface area (Å²) in [6.07, 6.45) is 3.41. The minimum atomic E-state index is -0.384. The fourth-order valence-corrected chi connectivity index (χ4v) is 3.31. The van der Waals surface area contributed by atoms with E-state index >= 15 is 0 Å². The van der Waals surface area contributed by atoms with Crippen LogP contribution in [0.5, 0.6) is 0 Å². The first kappa shape index (κ1) is 14.5. The van der Waals surface area contributed by atoms with Gasteiger partial charge in [0.2, 0.25) is 0 Å². The maximum absolute atomic E-state index is 10.7. The van der Waals surface area contributed by atoms with E-state index in [1.54, 1.807) is 12.1 Å². The lowest BCUT2D eigenvalue weighted by molar-refractivity contribution is -0.384. The molecule has 0 saturated heterocycles. The molecule has 0 radical (unpaired) electrons. The molecule has 19 heavy (non-hydrogen) atoms. The van der Waals surface area contributed by atoms with Crippen molar-refractivity contribution in [2.24, 2.45) is 11.8 Å². The SMILES string of the molecule is O=[N+]([O-])c1ccc(NCC2CCCC2CO)c(I)c1. The van der Waals surface area contributed by atoms with Gasteiger partial charge >= 0.3 is 0 Å². The van der Waals surface area contributed by atoms with Gasteiger partial charge in [-0.1, -0.05) is 6.42 Å². The zero-order valence-electron chi connectivity index (χ0n) is 10.5. The second kappa shape index (κ2) is 6.51. The molecule has 0 aromatic heterocycles. The number of aliphatic hydroxyl groups excluding tert-OH is 1. The third-order valence-corrected chi connectivity index (χ3v) is 4.66. The first-order valence-corrected chi connectivity index (χ1v) is 7.48. The number of nitrogens with one attached hydrogen (secondary N) is 1. The lowest BCUT2D eigenvalue weighted by Crippen LogP contribution is -2.21. The lowest BCUT2D eigenvalue weighted by atomic mass is 9.97. The molecule has 2 rings (SSSR count). The number of benzene rings is 1. The van der Waals surface area contributed by atoms with E-state index < -0.39 is 0 Å². The summed E-state index contributed by atoms with van der Waals surface area (Å²) in [5.74, 6) is 0.888. The van der Waals surface area contributed by atoms with E-state index in [-0.39, 0.29) is 17.2 Å². The summed E-state index contributed by atoms with van der Waals surface area (Å²) in [5, 5.41) is 23.3. The monoisotopic (exact) mass is 376 g/mol. The maximum Gasteiger partial charge on any atom is 0.270 e. The number of rotatable bonds is 5. The van der Waals surface area contributed by atoms with Gasteiger partial charge in [-0.25, -0.2) is 0 Å². The fourth-order valence-electron chi connectivity index (χ4n) is 2.62. The Morgan fingerprint density at radius 1 is 1.42 bits per heavy atom. The number of hydrogen-bond acceptors (Lipinski definition) is 4. The summed E-state index contributed by atoms with van der Waals surface area (Å²) in [7, 11) is 0. The Balaban J connectivity index is 1.98. The Bertz CT molecular complexity index is 467. The molecule has 2 N–H and O–H groups in total. The molecule has 1 aromatic carbocycles. The Morgan fingerprint density at radius 3 is 2.79 bits per heavy atom. The van der Waals surface area contributed by atoms with E-state index in [1.165, 1.54) is 12.5 Å². The highest BCUT2D eigenvalue weighted by Gasteiger charge is 2.26. The quantitative estimate of drug-likeness (QED) is 0.471. The fraction of sp³-hybridized carbons (Fsp3) is 0.538. The van der Waals surface area contributed by atoms with Crippen molar-refractivity contribution in [2.75, 3.05) is 18.5 Å². The van der Waals surface area contributed by atoms with Crippen LogP contribution in [0, 0.1) is 25.5 Å². The molecule has 1 aliphatic carbocycles. The number of nitrogens with zero attached hydrogens (tertiary/aromatic N) is 1. The summed E-state index contributed by atoms with van der Waals surface area (Å²) in [4.78, 5) is 10.3. The zero-order chi connectivity index (χ0) is 13.8. The van der Waals surface area contributed by atoms with Crippen LogP contribution < -0.4 is 5.32 Å². The highest BCUT2D eigenvalue weighted by atomic mass is 127. The molecule has 1 fully saturated rings. The first-order valence-electron chi connectivity index (χ1n) is 6.40. The van der Waals surface area contributed by atoms with Crippen molar-refractivity contribution in [3.8, 4) is 0 Å². The molecule has 1 aliphatic rings. The Labute approximate surface area is 125 Å². The van der Waals surface area contributed by atoms with Crippen LogP contribution >= 0.6 is 22.6 Å². The van der Waals surface area contributed by atoms with E-state index in [2.05, 4.69) is 27.9 Å². The molecule has 2 atom stereocenters. The van der Waals surface area contributed by atoms with Crippen molar-refractivity contribution < 1.29 is 10.0 Å². The normalized spacial score (nSPS) is 22.4. The second-order valence-electron chi connectivity index (χ2n) is 4.94. The number of aliphatic hydroxyl groups is 1. The highest BCUT2D eigenvalue weighted by molar-refractivity contribution is 14.1. The van der Waals surface area contributed by atoms with Gasteiger partial charge in [0.05, 0.1) is 4.92 Å². The van der Waals surface area contributed by atoms with Crippen molar-refractivity contribution in [1.29, 1.82) is 0 Å². The molecular formula is C13H17IN2O3. The maximum atomic E-state index is 10.7. The van der Waals surface area contributed by atoms with Gasteiger partial charge in [0.25, 0.3) is 5.69 Å². The van der Waals surface area contributed by atoms with E-state index in [0.717, 1.165) is 28.6 Å². The van der Waals surface area contributed by atoms with Crippen LogP contribution in [0.3, 0.4) is 0 Å². The van der Waals surface area contributed by atoms with Gasteiger partial charge in [0.1, 0.15) is 0 Å². The van der Waals surface area contributed by atoms with E-state index in [1.807, 2.05) is 0 Å². The van der Waals surface area contributed by atoms with Crippen LogP contribution in [0.25, 0.3) is 0 Å². The van der Waals surface area contributed by atoms with Crippen LogP contribution in [0.1, 0.15) is 19.3 Å². The van der Waals surface area contributed by atoms with Crippen molar-refractivity contribution >= 4 is 34.0 Å². The van der Waals surface area contributed by atoms with Crippen molar-refractivity contribution in [3.63, 3.8) is 0 Å². The number of halogens is 1. The minimum absolute atomic E-state index is 0.115. The van der Waals surface area contributed by atoms with Gasteiger partial charge < -0.3 is 10.4 Å². The molecule has 0 spiro atoms. The molecule has 0 aliphatic heterocycles. The topological polar surface area (TPSA) is 75.4 Å². The predicted molar refractivity (Wildman–Crippen MR) is 82.2 cm³/mol. The lowest BCUT2D eigenvalue weighted by Gasteiger charge is -2.19. The van der Waals surface area contributed by atoms with Crippen LogP contribution in [0.4, 0.5) is 11.4 Å². The highest BCUT2D eigenvalue weighted by Crippen LogP contribution is 2.32. The third-order valence-electron chi connectivity index (χ3n) is 3.77. The number of non-ortho nitro benzene ring substituents is 1. The summed E-state index contributed by atoms with van der Waals surface area (Å²) in [5.41, 5.74) is 1.04. The predicted octanol–water partition coefficient (Wildman–Crippen LogP) is 3.02. The summed E-state index contributed by atoms with van der Waals surface area (Å²) in [6, 6.07) is 4.84. The Hall–Kier alpha value is -0.890. The number of nitro groups is 1. The van der Waals surface area contributed by atoms with Crippen molar-refractivity contribution in [1.82, 2.24) is 0 Å². The molecule has 0 heterocycles. The molecule has 2 unspecified atom stereocenters. The van der Waals surface area contributed by atoms with Crippen LogP contribution in [-0.4, -0.2) is 23.2 Å². The summed E-state index contributed by atoms with van der Waals surface area (Å²) < 4.78 is 0.852. The van der Waals surface area contributed by atoms with Crippen LogP contribution in [0.2, 0.25) is 0 Å². The molecule has 1 saturated carbocycles. The van der Waals surface area contributed by atoms with Gasteiger partial charge in [0, 0.05) is 34.5 Å². The number of nitro benzene ring substituents is 1. The standard InChI is InChI=1S/C13H17IN2O3/c14-12-6-11(16(18)19)4-5-13(12)15-7-9-2-1-3-10(9)8-17/h4-6,9-10,15,17H,1-3,7-8H2. The van der Waals surface area contributed by atoms with Gasteiger partial charge in [-0.15, -0.1) is 0 Å². The van der Waals surface area contributed by atoms with Gasteiger partial charge in [0.15, 0.2) is 0 Å². The van der Waals surface area contributed by atoms with Gasteiger partial charge in [-0.3, -0.25) is 10.1 Å². The number of hydrogen-bond donors (Lipinski definition) is 2. The average molecular weight is 376 g/mol. The average Bonchev–Trinajstić information content (AvgIpc) is 2.84. The van der Waals surface area contributed by atoms with E-state index in [0.29, 0.717) is 11.8 Å². The van der Waals surface area contributed by atoms with Crippen LogP contribution in [-0.2, 0) is 0 Å². The molecule has 5 nitrogen and oxygen atoms in total. The van der Waals surface area contributed by atoms with E-state index in [9.17, 15) is 15.2 Å². The largest absolute Gasteiger partial charge is 0.396 e. The van der Waals surface area contributed by atoms with E-state index in [4.69, 9.17) is 0 Å².